The van der Waals surface area contributed by atoms with E-state index in [-0.39, 0.29) is 22.9 Å². The maximum absolute atomic E-state index is 13.4. The van der Waals surface area contributed by atoms with Gasteiger partial charge in [0.2, 0.25) is 0 Å². The van der Waals surface area contributed by atoms with Crippen molar-refractivity contribution in [3.05, 3.63) is 59.7 Å². The van der Waals surface area contributed by atoms with Gasteiger partial charge in [0, 0.05) is 31.2 Å². The fourth-order valence-electron chi connectivity index (χ4n) is 3.27. The van der Waals surface area contributed by atoms with Crippen LogP contribution in [0.15, 0.2) is 42.7 Å². The molecule has 0 atom stereocenters. The van der Waals surface area contributed by atoms with Crippen molar-refractivity contribution in [1.29, 1.82) is 0 Å². The highest BCUT2D eigenvalue weighted by molar-refractivity contribution is 7.22. The van der Waals surface area contributed by atoms with E-state index in [4.69, 9.17) is 0 Å². The number of nitrogens with zero attached hydrogens (tertiary/aromatic N) is 6. The van der Waals surface area contributed by atoms with Gasteiger partial charge in [-0.05, 0) is 38.1 Å². The van der Waals surface area contributed by atoms with Crippen LogP contribution in [0.5, 0.6) is 0 Å². The summed E-state index contributed by atoms with van der Waals surface area (Å²) in [5, 5.41) is 8.65. The van der Waals surface area contributed by atoms with Gasteiger partial charge in [-0.2, -0.15) is 23.4 Å². The number of anilines is 1. The number of para-hydroxylation sites is 1. The second-order valence-corrected chi connectivity index (χ2v) is 7.87. The summed E-state index contributed by atoms with van der Waals surface area (Å²) >= 11 is 1.04. The molecule has 7 nitrogen and oxygen atoms in total. The minimum atomic E-state index is -4.54. The van der Waals surface area contributed by atoms with Crippen molar-refractivity contribution >= 4 is 32.6 Å². The highest BCUT2D eigenvalue weighted by atomic mass is 32.1. The first-order valence-corrected chi connectivity index (χ1v) is 10.4. The monoisotopic (exact) mass is 448 g/mol. The van der Waals surface area contributed by atoms with Gasteiger partial charge in [-0.3, -0.25) is 19.1 Å². The fraction of sp³-hybridized carbons (Fsp3) is 0.300. The maximum Gasteiger partial charge on any atom is 0.418 e. The molecule has 11 heteroatoms. The lowest BCUT2D eigenvalue weighted by atomic mass is 10.2. The molecule has 0 unspecified atom stereocenters. The van der Waals surface area contributed by atoms with Gasteiger partial charge in [0.05, 0.1) is 22.3 Å². The molecule has 0 spiro atoms. The smallest absolute Gasteiger partial charge is 0.281 e. The Balaban J connectivity index is 1.75. The normalized spacial score (nSPS) is 11.9. The highest BCUT2D eigenvalue weighted by Gasteiger charge is 2.34. The molecule has 1 amide bonds. The Morgan fingerprint density at radius 3 is 2.71 bits per heavy atom. The number of aromatic nitrogens is 5. The first kappa shape index (κ1) is 21.0. The zero-order chi connectivity index (χ0) is 22.2. The lowest BCUT2D eigenvalue weighted by molar-refractivity contribution is -0.136. The van der Waals surface area contributed by atoms with Gasteiger partial charge in [0.25, 0.3) is 5.91 Å². The molecule has 0 saturated heterocycles. The average Bonchev–Trinajstić information content (AvgIpc) is 3.46. The van der Waals surface area contributed by atoms with Crippen molar-refractivity contribution in [3.8, 4) is 0 Å². The molecule has 1 aromatic carbocycles. The predicted molar refractivity (Wildman–Crippen MR) is 111 cm³/mol. The first-order chi connectivity index (χ1) is 14.8. The van der Waals surface area contributed by atoms with Crippen LogP contribution in [0.1, 0.15) is 28.7 Å². The summed E-state index contributed by atoms with van der Waals surface area (Å²) in [4.78, 5) is 18.9. The number of benzene rings is 1. The Hall–Kier alpha value is -3.21. The molecular weight excluding hydrogens is 429 g/mol. The zero-order valence-corrected chi connectivity index (χ0v) is 17.6. The van der Waals surface area contributed by atoms with Crippen molar-refractivity contribution < 1.29 is 18.0 Å². The van der Waals surface area contributed by atoms with Crippen molar-refractivity contribution in [3.63, 3.8) is 0 Å². The van der Waals surface area contributed by atoms with Crippen molar-refractivity contribution in [2.45, 2.75) is 33.1 Å². The van der Waals surface area contributed by atoms with Crippen molar-refractivity contribution in [2.24, 2.45) is 0 Å². The van der Waals surface area contributed by atoms with Crippen LogP contribution in [-0.2, 0) is 19.3 Å². The van der Waals surface area contributed by atoms with E-state index in [0.29, 0.717) is 17.8 Å². The van der Waals surface area contributed by atoms with E-state index in [0.717, 1.165) is 23.1 Å². The second-order valence-electron chi connectivity index (χ2n) is 6.86. The molecule has 0 aliphatic rings. The third-order valence-corrected chi connectivity index (χ3v) is 5.84. The van der Waals surface area contributed by atoms with Crippen LogP contribution in [0, 0.1) is 6.92 Å². The van der Waals surface area contributed by atoms with E-state index < -0.39 is 17.6 Å². The SMILES string of the molecule is CCn1nc(C(=O)N(CCn2cccn2)c2nc3c(C(F)(F)F)cccc3s2)cc1C. The second kappa shape index (κ2) is 8.14. The fourth-order valence-corrected chi connectivity index (χ4v) is 4.29. The molecule has 0 aliphatic heterocycles. The molecule has 0 N–H and O–H groups in total. The van der Waals surface area contributed by atoms with E-state index in [9.17, 15) is 18.0 Å². The molecule has 0 fully saturated rings. The minimum absolute atomic E-state index is 0.165. The van der Waals surface area contributed by atoms with Crippen LogP contribution in [-0.4, -0.2) is 37.0 Å². The molecule has 0 bridgehead atoms. The highest BCUT2D eigenvalue weighted by Crippen LogP contribution is 2.38. The number of alkyl halides is 3. The third-order valence-electron chi connectivity index (χ3n) is 4.80. The summed E-state index contributed by atoms with van der Waals surface area (Å²) < 4.78 is 44.0. The molecule has 3 heterocycles. The summed E-state index contributed by atoms with van der Waals surface area (Å²) in [6.45, 7) is 4.89. The largest absolute Gasteiger partial charge is 0.418 e. The summed E-state index contributed by atoms with van der Waals surface area (Å²) in [7, 11) is 0. The Kier molecular flexibility index (Phi) is 5.52. The number of rotatable bonds is 6. The molecule has 0 saturated carbocycles. The summed E-state index contributed by atoms with van der Waals surface area (Å²) in [6, 6.07) is 7.33. The van der Waals surface area contributed by atoms with Gasteiger partial charge in [0.1, 0.15) is 0 Å². The number of aryl methyl sites for hydroxylation is 2. The molecule has 4 rings (SSSR count). The number of hydrogen-bond donors (Lipinski definition) is 0. The van der Waals surface area contributed by atoms with Crippen LogP contribution < -0.4 is 4.90 Å². The van der Waals surface area contributed by atoms with E-state index in [1.807, 2.05) is 13.8 Å². The van der Waals surface area contributed by atoms with Crippen LogP contribution in [0.3, 0.4) is 0 Å². The molecule has 4 aromatic rings. The summed E-state index contributed by atoms with van der Waals surface area (Å²) in [6.07, 6.45) is -1.17. The lowest BCUT2D eigenvalue weighted by Crippen LogP contribution is -2.34. The third kappa shape index (κ3) is 4.18. The van der Waals surface area contributed by atoms with E-state index in [2.05, 4.69) is 15.2 Å². The Bertz CT molecular complexity index is 1210. The number of amides is 1. The van der Waals surface area contributed by atoms with Gasteiger partial charge >= 0.3 is 6.18 Å². The van der Waals surface area contributed by atoms with Gasteiger partial charge in [-0.1, -0.05) is 17.4 Å². The van der Waals surface area contributed by atoms with Gasteiger partial charge in [0.15, 0.2) is 10.8 Å². The number of carbonyl (C=O) groups is 1. The first-order valence-electron chi connectivity index (χ1n) is 9.58. The van der Waals surface area contributed by atoms with Crippen molar-refractivity contribution in [1.82, 2.24) is 24.5 Å². The zero-order valence-electron chi connectivity index (χ0n) is 16.8. The van der Waals surface area contributed by atoms with Crippen molar-refractivity contribution in [2.75, 3.05) is 11.4 Å². The maximum atomic E-state index is 13.4. The van der Waals surface area contributed by atoms with Crippen LogP contribution in [0.25, 0.3) is 10.2 Å². The minimum Gasteiger partial charge on any atom is -0.281 e. The number of carbonyl (C=O) groups excluding carboxylic acids is 1. The average molecular weight is 448 g/mol. The van der Waals surface area contributed by atoms with Crippen LogP contribution in [0.4, 0.5) is 18.3 Å². The lowest BCUT2D eigenvalue weighted by Gasteiger charge is -2.18. The van der Waals surface area contributed by atoms with Gasteiger partial charge in [-0.25, -0.2) is 4.98 Å². The van der Waals surface area contributed by atoms with E-state index in [1.165, 1.54) is 11.0 Å². The Labute approximate surface area is 179 Å². The quantitative estimate of drug-likeness (QED) is 0.439. The number of halogens is 3. The van der Waals surface area contributed by atoms with Crippen LogP contribution >= 0.6 is 11.3 Å². The standard InChI is InChI=1S/C20H19F3N6OS/c1-3-29-13(2)12-15(26-29)18(30)28(11-10-27-9-5-8-24-27)19-25-17-14(20(21,22)23)6-4-7-16(17)31-19/h4-9,12H,3,10-11H2,1-2H3. The van der Waals surface area contributed by atoms with E-state index in [1.54, 1.807) is 40.0 Å². The van der Waals surface area contributed by atoms with Gasteiger partial charge < -0.3 is 0 Å². The molecule has 3 aromatic heterocycles. The van der Waals surface area contributed by atoms with Crippen LogP contribution in [0.2, 0.25) is 0 Å². The number of thiazole rings is 1. The molecule has 162 valence electrons. The molecule has 0 radical (unpaired) electrons. The molecule has 0 aliphatic carbocycles. The molecular formula is C20H19F3N6OS. The number of hydrogen-bond acceptors (Lipinski definition) is 5. The topological polar surface area (TPSA) is 68.8 Å². The predicted octanol–water partition coefficient (Wildman–Crippen LogP) is 4.38. The van der Waals surface area contributed by atoms with E-state index >= 15 is 0 Å². The van der Waals surface area contributed by atoms with Gasteiger partial charge in [-0.15, -0.1) is 0 Å². The number of fused-ring (bicyclic) bond motifs is 1. The summed E-state index contributed by atoms with van der Waals surface area (Å²) in [5.74, 6) is -0.421. The molecule has 31 heavy (non-hydrogen) atoms. The Morgan fingerprint density at radius 2 is 2.06 bits per heavy atom. The Morgan fingerprint density at radius 1 is 1.26 bits per heavy atom. The summed E-state index contributed by atoms with van der Waals surface area (Å²) in [5.41, 5.74) is 0.0527.